The summed E-state index contributed by atoms with van der Waals surface area (Å²) >= 11 is 0. The monoisotopic (exact) mass is 279 g/mol. The summed E-state index contributed by atoms with van der Waals surface area (Å²) in [5, 5.41) is 2.78. The van der Waals surface area contributed by atoms with Gasteiger partial charge in [-0.05, 0) is 20.0 Å². The molecule has 1 amide bonds. The van der Waals surface area contributed by atoms with Crippen LogP contribution in [-0.2, 0) is 11.3 Å². The average Bonchev–Trinajstić information content (AvgIpc) is 2.41. The number of nitrogens with zero attached hydrogens (tertiary/aromatic N) is 2. The van der Waals surface area contributed by atoms with Crippen LogP contribution < -0.4 is 5.32 Å². The first-order chi connectivity index (χ1) is 9.56. The minimum absolute atomic E-state index is 0.0512. The number of rotatable bonds is 4. The van der Waals surface area contributed by atoms with E-state index in [0.29, 0.717) is 18.2 Å². The summed E-state index contributed by atoms with van der Waals surface area (Å²) in [5.41, 5.74) is 0.521. The van der Waals surface area contributed by atoms with E-state index >= 15 is 0 Å². The summed E-state index contributed by atoms with van der Waals surface area (Å²) in [7, 11) is 2.09. The van der Waals surface area contributed by atoms with Crippen LogP contribution in [0.5, 0.6) is 0 Å². The van der Waals surface area contributed by atoms with Gasteiger partial charge in [-0.25, -0.2) is 4.39 Å². The van der Waals surface area contributed by atoms with E-state index in [2.05, 4.69) is 29.1 Å². The molecule has 0 radical (unpaired) electrons. The smallest absolute Gasteiger partial charge is 0.234 e. The topological polar surface area (TPSA) is 35.6 Å². The number of carbonyl (C=O) groups excluding carboxylic acids is 1. The molecule has 1 atom stereocenters. The zero-order valence-corrected chi connectivity index (χ0v) is 12.1. The molecule has 1 aliphatic heterocycles. The predicted molar refractivity (Wildman–Crippen MR) is 76.8 cm³/mol. The van der Waals surface area contributed by atoms with Crippen LogP contribution in [0.1, 0.15) is 12.5 Å². The summed E-state index contributed by atoms with van der Waals surface area (Å²) < 4.78 is 13.4. The summed E-state index contributed by atoms with van der Waals surface area (Å²) in [6.07, 6.45) is 0. The van der Waals surface area contributed by atoms with Crippen molar-refractivity contribution in [3.63, 3.8) is 0 Å². The highest BCUT2D eigenvalue weighted by Crippen LogP contribution is 2.08. The Bertz CT molecular complexity index is 466. The second-order valence-electron chi connectivity index (χ2n) is 5.45. The molecule has 1 aromatic carbocycles. The van der Waals surface area contributed by atoms with Crippen LogP contribution in [0.4, 0.5) is 4.39 Å². The number of likely N-dealkylation sites (N-methyl/N-ethyl adjacent to an activating group) is 1. The van der Waals surface area contributed by atoms with Gasteiger partial charge in [-0.1, -0.05) is 18.2 Å². The summed E-state index contributed by atoms with van der Waals surface area (Å²) in [4.78, 5) is 16.4. The quantitative estimate of drug-likeness (QED) is 0.896. The van der Waals surface area contributed by atoms with Crippen molar-refractivity contribution in [3.8, 4) is 0 Å². The molecule has 0 spiro atoms. The number of benzene rings is 1. The van der Waals surface area contributed by atoms with Gasteiger partial charge in [0.1, 0.15) is 5.82 Å². The number of halogens is 1. The van der Waals surface area contributed by atoms with Crippen molar-refractivity contribution in [3.05, 3.63) is 35.6 Å². The number of hydrogen-bond acceptors (Lipinski definition) is 3. The molecule has 2 rings (SSSR count). The van der Waals surface area contributed by atoms with Gasteiger partial charge < -0.3 is 10.2 Å². The lowest BCUT2D eigenvalue weighted by molar-refractivity contribution is -0.123. The SMILES string of the molecule is C[C@@H]1CN(C)CCN1CC(=O)NCc1ccccc1F. The minimum atomic E-state index is -0.277. The lowest BCUT2D eigenvalue weighted by atomic mass is 10.2. The summed E-state index contributed by atoms with van der Waals surface area (Å²) in [6, 6.07) is 6.88. The highest BCUT2D eigenvalue weighted by Gasteiger charge is 2.23. The third-order valence-electron chi connectivity index (χ3n) is 3.75. The molecule has 4 nitrogen and oxygen atoms in total. The fourth-order valence-electron chi connectivity index (χ4n) is 2.49. The zero-order valence-electron chi connectivity index (χ0n) is 12.1. The predicted octanol–water partition coefficient (Wildman–Crippen LogP) is 1.08. The Morgan fingerprint density at radius 2 is 2.15 bits per heavy atom. The van der Waals surface area contributed by atoms with Gasteiger partial charge in [-0.15, -0.1) is 0 Å². The molecule has 0 saturated carbocycles. The Balaban J connectivity index is 1.80. The standard InChI is InChI=1S/C15H22FN3O/c1-12-10-18(2)7-8-19(12)11-15(20)17-9-13-5-3-4-6-14(13)16/h3-6,12H,7-11H2,1-2H3,(H,17,20)/t12-/m1/s1. The van der Waals surface area contributed by atoms with Crippen LogP contribution >= 0.6 is 0 Å². The molecule has 0 unspecified atom stereocenters. The van der Waals surface area contributed by atoms with Crippen LogP contribution in [0.3, 0.4) is 0 Å². The molecule has 1 aliphatic rings. The van der Waals surface area contributed by atoms with E-state index in [-0.39, 0.29) is 18.3 Å². The first-order valence-corrected chi connectivity index (χ1v) is 6.99. The van der Waals surface area contributed by atoms with E-state index in [1.807, 2.05) is 0 Å². The van der Waals surface area contributed by atoms with E-state index in [1.165, 1.54) is 6.07 Å². The van der Waals surface area contributed by atoms with Gasteiger partial charge in [0.15, 0.2) is 0 Å². The minimum Gasteiger partial charge on any atom is -0.351 e. The summed E-state index contributed by atoms with van der Waals surface area (Å²) in [6.45, 7) is 5.59. The lowest BCUT2D eigenvalue weighted by Gasteiger charge is -2.37. The molecule has 1 fully saturated rings. The molecule has 110 valence electrons. The second kappa shape index (κ2) is 6.81. The highest BCUT2D eigenvalue weighted by molar-refractivity contribution is 5.78. The van der Waals surface area contributed by atoms with Gasteiger partial charge in [0, 0.05) is 37.8 Å². The zero-order chi connectivity index (χ0) is 14.5. The van der Waals surface area contributed by atoms with Crippen LogP contribution in [-0.4, -0.2) is 55.0 Å². The van der Waals surface area contributed by atoms with E-state index in [1.54, 1.807) is 18.2 Å². The van der Waals surface area contributed by atoms with Crippen LogP contribution in [0.15, 0.2) is 24.3 Å². The Kier molecular flexibility index (Phi) is 5.09. The van der Waals surface area contributed by atoms with Crippen LogP contribution in [0.2, 0.25) is 0 Å². The van der Waals surface area contributed by atoms with Crippen LogP contribution in [0.25, 0.3) is 0 Å². The maximum absolute atomic E-state index is 13.4. The van der Waals surface area contributed by atoms with Crippen molar-refractivity contribution in [2.45, 2.75) is 19.5 Å². The van der Waals surface area contributed by atoms with Gasteiger partial charge in [-0.2, -0.15) is 0 Å². The maximum atomic E-state index is 13.4. The molecule has 1 aromatic rings. The van der Waals surface area contributed by atoms with Crippen molar-refractivity contribution in [2.75, 3.05) is 33.2 Å². The van der Waals surface area contributed by atoms with Crippen molar-refractivity contribution in [1.82, 2.24) is 15.1 Å². The van der Waals surface area contributed by atoms with E-state index in [0.717, 1.165) is 19.6 Å². The lowest BCUT2D eigenvalue weighted by Crippen LogP contribution is -2.53. The molecule has 1 saturated heterocycles. The maximum Gasteiger partial charge on any atom is 0.234 e. The van der Waals surface area contributed by atoms with Crippen molar-refractivity contribution < 1.29 is 9.18 Å². The third kappa shape index (κ3) is 4.02. The Labute approximate surface area is 119 Å². The number of hydrogen-bond donors (Lipinski definition) is 1. The molecule has 20 heavy (non-hydrogen) atoms. The van der Waals surface area contributed by atoms with Crippen molar-refractivity contribution in [2.24, 2.45) is 0 Å². The van der Waals surface area contributed by atoms with Crippen molar-refractivity contribution >= 4 is 5.91 Å². The number of piperazine rings is 1. The molecule has 1 heterocycles. The first kappa shape index (κ1) is 14.9. The van der Waals surface area contributed by atoms with Gasteiger partial charge in [-0.3, -0.25) is 9.69 Å². The molecule has 0 aliphatic carbocycles. The van der Waals surface area contributed by atoms with Gasteiger partial charge >= 0.3 is 0 Å². The largest absolute Gasteiger partial charge is 0.351 e. The summed E-state index contributed by atoms with van der Waals surface area (Å²) in [5.74, 6) is -0.328. The first-order valence-electron chi connectivity index (χ1n) is 6.99. The highest BCUT2D eigenvalue weighted by atomic mass is 19.1. The Hall–Kier alpha value is -1.46. The number of amides is 1. The fourth-order valence-corrected chi connectivity index (χ4v) is 2.49. The Morgan fingerprint density at radius 3 is 2.85 bits per heavy atom. The number of nitrogens with one attached hydrogen (secondary N) is 1. The molecule has 0 aromatic heterocycles. The normalized spacial score (nSPS) is 20.9. The second-order valence-corrected chi connectivity index (χ2v) is 5.45. The molecular formula is C15H22FN3O. The Morgan fingerprint density at radius 1 is 1.40 bits per heavy atom. The van der Waals surface area contributed by atoms with Gasteiger partial charge in [0.05, 0.1) is 6.54 Å². The fraction of sp³-hybridized carbons (Fsp3) is 0.533. The molecule has 5 heteroatoms. The number of carbonyl (C=O) groups is 1. The average molecular weight is 279 g/mol. The van der Waals surface area contributed by atoms with E-state index in [9.17, 15) is 9.18 Å². The third-order valence-corrected chi connectivity index (χ3v) is 3.75. The van der Waals surface area contributed by atoms with E-state index in [4.69, 9.17) is 0 Å². The molecule has 1 N–H and O–H groups in total. The van der Waals surface area contributed by atoms with Gasteiger partial charge in [0.2, 0.25) is 5.91 Å². The molecule has 0 bridgehead atoms. The van der Waals surface area contributed by atoms with Crippen molar-refractivity contribution in [1.29, 1.82) is 0 Å². The molecular weight excluding hydrogens is 257 g/mol. The van der Waals surface area contributed by atoms with E-state index < -0.39 is 0 Å². The van der Waals surface area contributed by atoms with Crippen LogP contribution in [0, 0.1) is 5.82 Å². The van der Waals surface area contributed by atoms with Gasteiger partial charge in [0.25, 0.3) is 0 Å².